The van der Waals surface area contributed by atoms with E-state index in [9.17, 15) is 0 Å². The van der Waals surface area contributed by atoms with Crippen LogP contribution >= 0.6 is 0 Å². The molecular formula is C11H21NO. The fourth-order valence-electron chi connectivity index (χ4n) is 1.78. The third-order valence-electron chi connectivity index (χ3n) is 2.54. The van der Waals surface area contributed by atoms with Gasteiger partial charge in [-0.1, -0.05) is 18.9 Å². The summed E-state index contributed by atoms with van der Waals surface area (Å²) in [5.74, 6) is 0.847. The van der Waals surface area contributed by atoms with Crippen molar-refractivity contribution in [1.29, 1.82) is 0 Å². The molecule has 0 radical (unpaired) electrons. The van der Waals surface area contributed by atoms with Gasteiger partial charge in [0.25, 0.3) is 0 Å². The molecule has 0 aromatic rings. The van der Waals surface area contributed by atoms with Gasteiger partial charge in [-0.05, 0) is 18.8 Å². The van der Waals surface area contributed by atoms with Crippen LogP contribution in [0, 0.1) is 5.92 Å². The fraction of sp³-hybridized carbons (Fsp3) is 0.818. The second-order valence-electron chi connectivity index (χ2n) is 3.72. The normalized spacial score (nSPS) is 17.8. The van der Waals surface area contributed by atoms with Gasteiger partial charge in [0.1, 0.15) is 0 Å². The van der Waals surface area contributed by atoms with Gasteiger partial charge in [0.2, 0.25) is 0 Å². The van der Waals surface area contributed by atoms with Gasteiger partial charge < -0.3 is 10.1 Å². The molecule has 0 aromatic carbocycles. The minimum Gasteiger partial charge on any atom is -0.380 e. The number of rotatable bonds is 7. The summed E-state index contributed by atoms with van der Waals surface area (Å²) in [5, 5.41) is 3.22. The maximum Gasteiger partial charge on any atom is 0.0591 e. The molecule has 0 spiro atoms. The summed E-state index contributed by atoms with van der Waals surface area (Å²) < 4.78 is 5.57. The maximum atomic E-state index is 5.57. The van der Waals surface area contributed by atoms with E-state index in [1.807, 2.05) is 6.08 Å². The molecule has 1 N–H and O–H groups in total. The van der Waals surface area contributed by atoms with Gasteiger partial charge >= 0.3 is 0 Å². The van der Waals surface area contributed by atoms with Gasteiger partial charge in [-0.25, -0.2) is 0 Å². The number of hydrogen-bond acceptors (Lipinski definition) is 2. The summed E-state index contributed by atoms with van der Waals surface area (Å²) in [6.07, 6.45) is 7.43. The topological polar surface area (TPSA) is 21.3 Å². The van der Waals surface area contributed by atoms with Crippen LogP contribution in [0.2, 0.25) is 0 Å². The molecule has 0 amide bonds. The van der Waals surface area contributed by atoms with Crippen molar-refractivity contribution in [2.24, 2.45) is 5.92 Å². The van der Waals surface area contributed by atoms with Crippen LogP contribution in [0.3, 0.4) is 0 Å². The molecular weight excluding hydrogens is 162 g/mol. The zero-order chi connectivity index (χ0) is 9.36. The van der Waals surface area contributed by atoms with Gasteiger partial charge in [-0.2, -0.15) is 0 Å². The first kappa shape index (κ1) is 10.7. The summed E-state index contributed by atoms with van der Waals surface area (Å²) in [6.45, 7) is 7.27. The van der Waals surface area contributed by atoms with E-state index in [0.29, 0.717) is 0 Å². The zero-order valence-corrected chi connectivity index (χ0v) is 8.43. The summed E-state index contributed by atoms with van der Waals surface area (Å²) in [5.41, 5.74) is 0. The smallest absolute Gasteiger partial charge is 0.0591 e. The molecule has 0 saturated heterocycles. The predicted octanol–water partition coefficient (Wildman–Crippen LogP) is 1.97. The Morgan fingerprint density at radius 1 is 1.38 bits per heavy atom. The van der Waals surface area contributed by atoms with Crippen molar-refractivity contribution < 1.29 is 4.74 Å². The van der Waals surface area contributed by atoms with E-state index < -0.39 is 0 Å². The highest BCUT2D eigenvalue weighted by Crippen LogP contribution is 2.24. The van der Waals surface area contributed by atoms with E-state index in [1.54, 1.807) is 0 Å². The Kier molecular flexibility index (Phi) is 5.87. The summed E-state index contributed by atoms with van der Waals surface area (Å²) in [7, 11) is 0. The summed E-state index contributed by atoms with van der Waals surface area (Å²) in [4.78, 5) is 0. The van der Waals surface area contributed by atoms with Crippen LogP contribution in [-0.2, 0) is 4.74 Å². The monoisotopic (exact) mass is 183 g/mol. The Hall–Kier alpha value is -0.340. The minimum atomic E-state index is 0.838. The number of ether oxygens (including phenoxy) is 1. The van der Waals surface area contributed by atoms with Crippen LogP contribution in [-0.4, -0.2) is 26.3 Å². The van der Waals surface area contributed by atoms with Crippen LogP contribution < -0.4 is 5.32 Å². The van der Waals surface area contributed by atoms with Gasteiger partial charge in [-0.3, -0.25) is 0 Å². The Labute approximate surface area is 81.4 Å². The molecule has 0 aromatic heterocycles. The molecule has 2 heteroatoms. The molecule has 0 atom stereocenters. The van der Waals surface area contributed by atoms with Crippen molar-refractivity contribution in [3.05, 3.63) is 12.7 Å². The molecule has 0 bridgehead atoms. The van der Waals surface area contributed by atoms with Crippen molar-refractivity contribution in [2.45, 2.75) is 25.7 Å². The second-order valence-corrected chi connectivity index (χ2v) is 3.72. The lowest BCUT2D eigenvalue weighted by molar-refractivity contribution is 0.104. The highest BCUT2D eigenvalue weighted by molar-refractivity contribution is 4.69. The van der Waals surface area contributed by atoms with Gasteiger partial charge in [-0.15, -0.1) is 6.58 Å². The summed E-state index contributed by atoms with van der Waals surface area (Å²) in [6, 6.07) is 0. The van der Waals surface area contributed by atoms with E-state index >= 15 is 0 Å². The molecule has 1 fully saturated rings. The minimum absolute atomic E-state index is 0.838. The molecule has 1 rings (SSSR count). The van der Waals surface area contributed by atoms with Crippen LogP contribution in [0.4, 0.5) is 0 Å². The van der Waals surface area contributed by atoms with Crippen LogP contribution in [0.5, 0.6) is 0 Å². The molecule has 0 aliphatic heterocycles. The molecule has 1 saturated carbocycles. The molecule has 76 valence electrons. The lowest BCUT2D eigenvalue weighted by Crippen LogP contribution is -2.20. The lowest BCUT2D eigenvalue weighted by Gasteiger charge is -2.09. The number of hydrogen-bond donors (Lipinski definition) is 1. The Morgan fingerprint density at radius 3 is 2.85 bits per heavy atom. The predicted molar refractivity (Wildman–Crippen MR) is 55.8 cm³/mol. The zero-order valence-electron chi connectivity index (χ0n) is 8.43. The Morgan fingerprint density at radius 2 is 2.15 bits per heavy atom. The SMILES string of the molecule is C=CCNCCOCC1CCCC1. The van der Waals surface area contributed by atoms with Crippen molar-refractivity contribution >= 4 is 0 Å². The van der Waals surface area contributed by atoms with E-state index in [2.05, 4.69) is 11.9 Å². The van der Waals surface area contributed by atoms with Crippen LogP contribution in [0.25, 0.3) is 0 Å². The molecule has 1 aliphatic rings. The first-order valence-electron chi connectivity index (χ1n) is 5.33. The molecule has 2 nitrogen and oxygen atoms in total. The average Bonchev–Trinajstić information content (AvgIpc) is 2.63. The van der Waals surface area contributed by atoms with Crippen LogP contribution in [0.15, 0.2) is 12.7 Å². The highest BCUT2D eigenvalue weighted by atomic mass is 16.5. The first-order valence-corrected chi connectivity index (χ1v) is 5.33. The molecule has 0 heterocycles. The van der Waals surface area contributed by atoms with E-state index in [0.717, 1.165) is 32.2 Å². The van der Waals surface area contributed by atoms with Gasteiger partial charge in [0.05, 0.1) is 6.61 Å². The quantitative estimate of drug-likeness (QED) is 0.481. The number of nitrogens with one attached hydrogen (secondary N) is 1. The van der Waals surface area contributed by atoms with Crippen molar-refractivity contribution in [2.75, 3.05) is 26.3 Å². The molecule has 1 aliphatic carbocycles. The standard InChI is InChI=1S/C11H21NO/c1-2-7-12-8-9-13-10-11-5-3-4-6-11/h2,11-12H,1,3-10H2. The van der Waals surface area contributed by atoms with Crippen LogP contribution in [0.1, 0.15) is 25.7 Å². The van der Waals surface area contributed by atoms with E-state index in [1.165, 1.54) is 25.7 Å². The molecule has 13 heavy (non-hydrogen) atoms. The Bertz CT molecular complexity index is 130. The van der Waals surface area contributed by atoms with Crippen molar-refractivity contribution in [3.8, 4) is 0 Å². The Balaban J connectivity index is 1.80. The summed E-state index contributed by atoms with van der Waals surface area (Å²) >= 11 is 0. The van der Waals surface area contributed by atoms with Gasteiger partial charge in [0.15, 0.2) is 0 Å². The first-order chi connectivity index (χ1) is 6.43. The van der Waals surface area contributed by atoms with Gasteiger partial charge in [0, 0.05) is 19.7 Å². The maximum absolute atomic E-state index is 5.57. The largest absolute Gasteiger partial charge is 0.380 e. The lowest BCUT2D eigenvalue weighted by atomic mass is 10.1. The highest BCUT2D eigenvalue weighted by Gasteiger charge is 2.14. The van der Waals surface area contributed by atoms with Crippen molar-refractivity contribution in [3.63, 3.8) is 0 Å². The third kappa shape index (κ3) is 5.06. The van der Waals surface area contributed by atoms with E-state index in [4.69, 9.17) is 4.74 Å². The van der Waals surface area contributed by atoms with E-state index in [-0.39, 0.29) is 0 Å². The third-order valence-corrected chi connectivity index (χ3v) is 2.54. The fourth-order valence-corrected chi connectivity index (χ4v) is 1.78. The molecule has 0 unspecified atom stereocenters. The second kappa shape index (κ2) is 7.10. The van der Waals surface area contributed by atoms with Crippen molar-refractivity contribution in [1.82, 2.24) is 5.32 Å². The average molecular weight is 183 g/mol.